The Balaban J connectivity index is 0.00000162. The first-order chi connectivity index (χ1) is 8.18. The van der Waals surface area contributed by atoms with Crippen LogP contribution in [0.5, 0.6) is 0 Å². The molecule has 0 saturated carbocycles. The fraction of sp³-hybridized carbons (Fsp3) is 0.600. The van der Waals surface area contributed by atoms with Gasteiger partial charge in [0.25, 0.3) is 0 Å². The number of hydrogen-bond donors (Lipinski definition) is 2. The minimum Gasteiger partial charge on any atom is -0.324 e. The van der Waals surface area contributed by atoms with Crippen molar-refractivity contribution in [1.29, 1.82) is 0 Å². The summed E-state index contributed by atoms with van der Waals surface area (Å²) in [5, 5.41) is 3.39. The maximum Gasteiger partial charge on any atom is 0.0324 e. The summed E-state index contributed by atoms with van der Waals surface area (Å²) in [5.74, 6) is 1.24. The van der Waals surface area contributed by atoms with Crippen molar-refractivity contribution in [2.75, 3.05) is 13.1 Å². The molecule has 2 rings (SSSR count). The van der Waals surface area contributed by atoms with Gasteiger partial charge in [-0.1, -0.05) is 38.1 Å². The van der Waals surface area contributed by atoms with Crippen LogP contribution in [0.15, 0.2) is 24.3 Å². The molecule has 1 aliphatic rings. The molecule has 0 spiro atoms. The van der Waals surface area contributed by atoms with E-state index in [9.17, 15) is 0 Å². The third kappa shape index (κ3) is 3.71. The Kier molecular flexibility index (Phi) is 6.13. The summed E-state index contributed by atoms with van der Waals surface area (Å²) in [4.78, 5) is 0. The fourth-order valence-electron chi connectivity index (χ4n) is 2.58. The van der Waals surface area contributed by atoms with Crippen molar-refractivity contribution >= 4 is 12.4 Å². The number of halogens is 1. The van der Waals surface area contributed by atoms with Gasteiger partial charge in [-0.05, 0) is 48.9 Å². The molecule has 0 aromatic heterocycles. The van der Waals surface area contributed by atoms with Crippen molar-refractivity contribution in [3.8, 4) is 0 Å². The molecule has 3 N–H and O–H groups in total. The highest BCUT2D eigenvalue weighted by atomic mass is 35.5. The standard InChI is InChI=1S/C15H24N2.ClH/c1-11(2)12-3-5-13(6-4-12)15(16)14-7-9-17-10-8-14;/h3-6,11,14-15,17H,7-10,16H2,1-2H3;1H/t15-;/m0./s1. The molecule has 2 nitrogen and oxygen atoms in total. The predicted octanol–water partition coefficient (Wildman–Crippen LogP) is 3.23. The third-order valence-corrected chi connectivity index (χ3v) is 3.88. The highest BCUT2D eigenvalue weighted by molar-refractivity contribution is 5.85. The Morgan fingerprint density at radius 1 is 1.06 bits per heavy atom. The lowest BCUT2D eigenvalue weighted by Gasteiger charge is -2.28. The van der Waals surface area contributed by atoms with E-state index in [1.54, 1.807) is 0 Å². The van der Waals surface area contributed by atoms with Crippen LogP contribution in [0, 0.1) is 5.92 Å². The van der Waals surface area contributed by atoms with Gasteiger partial charge in [0.15, 0.2) is 0 Å². The van der Waals surface area contributed by atoms with Crippen molar-refractivity contribution in [3.05, 3.63) is 35.4 Å². The second kappa shape index (κ2) is 7.13. The van der Waals surface area contributed by atoms with E-state index >= 15 is 0 Å². The van der Waals surface area contributed by atoms with E-state index in [1.165, 1.54) is 24.0 Å². The zero-order chi connectivity index (χ0) is 12.3. The zero-order valence-electron chi connectivity index (χ0n) is 11.4. The molecule has 18 heavy (non-hydrogen) atoms. The van der Waals surface area contributed by atoms with E-state index in [0.29, 0.717) is 11.8 Å². The summed E-state index contributed by atoms with van der Waals surface area (Å²) in [6.45, 7) is 6.67. The first-order valence-corrected chi connectivity index (χ1v) is 6.74. The maximum atomic E-state index is 6.37. The van der Waals surface area contributed by atoms with Crippen molar-refractivity contribution in [3.63, 3.8) is 0 Å². The number of rotatable bonds is 3. The quantitative estimate of drug-likeness (QED) is 0.883. The highest BCUT2D eigenvalue weighted by Gasteiger charge is 2.21. The second-order valence-corrected chi connectivity index (χ2v) is 5.43. The molecule has 1 aliphatic heterocycles. The van der Waals surface area contributed by atoms with Crippen LogP contribution < -0.4 is 11.1 Å². The van der Waals surface area contributed by atoms with Crippen molar-refractivity contribution in [2.45, 2.75) is 38.6 Å². The minimum atomic E-state index is 0. The molecule has 1 atom stereocenters. The van der Waals surface area contributed by atoms with Gasteiger partial charge in [-0.25, -0.2) is 0 Å². The number of nitrogens with two attached hydrogens (primary N) is 1. The average Bonchev–Trinajstić information content (AvgIpc) is 2.39. The van der Waals surface area contributed by atoms with Gasteiger partial charge in [0.2, 0.25) is 0 Å². The summed E-state index contributed by atoms with van der Waals surface area (Å²) in [6.07, 6.45) is 2.40. The van der Waals surface area contributed by atoms with Gasteiger partial charge in [-0.15, -0.1) is 12.4 Å². The molecule has 0 aliphatic carbocycles. The van der Waals surface area contributed by atoms with E-state index in [1.807, 2.05) is 0 Å². The molecule has 1 fully saturated rings. The van der Waals surface area contributed by atoms with Gasteiger partial charge in [-0.2, -0.15) is 0 Å². The summed E-state index contributed by atoms with van der Waals surface area (Å²) in [6, 6.07) is 9.07. The van der Waals surface area contributed by atoms with Crippen LogP contribution in [0.4, 0.5) is 0 Å². The Morgan fingerprint density at radius 2 is 1.56 bits per heavy atom. The first kappa shape index (κ1) is 15.5. The van der Waals surface area contributed by atoms with E-state index in [2.05, 4.69) is 43.4 Å². The van der Waals surface area contributed by atoms with Gasteiger partial charge in [-0.3, -0.25) is 0 Å². The summed E-state index contributed by atoms with van der Waals surface area (Å²) >= 11 is 0. The highest BCUT2D eigenvalue weighted by Crippen LogP contribution is 2.27. The van der Waals surface area contributed by atoms with Crippen molar-refractivity contribution < 1.29 is 0 Å². The third-order valence-electron chi connectivity index (χ3n) is 3.88. The lowest BCUT2D eigenvalue weighted by atomic mass is 9.86. The molecule has 0 amide bonds. The molecule has 1 aromatic carbocycles. The van der Waals surface area contributed by atoms with Crippen LogP contribution in [-0.4, -0.2) is 13.1 Å². The molecule has 102 valence electrons. The van der Waals surface area contributed by atoms with Crippen molar-refractivity contribution in [1.82, 2.24) is 5.32 Å². The second-order valence-electron chi connectivity index (χ2n) is 5.43. The average molecular weight is 269 g/mol. The van der Waals surface area contributed by atoms with Crippen LogP contribution >= 0.6 is 12.4 Å². The van der Waals surface area contributed by atoms with Crippen LogP contribution in [-0.2, 0) is 0 Å². The van der Waals surface area contributed by atoms with E-state index in [-0.39, 0.29) is 18.4 Å². The van der Waals surface area contributed by atoms with E-state index < -0.39 is 0 Å². The maximum absolute atomic E-state index is 6.37. The van der Waals surface area contributed by atoms with E-state index in [0.717, 1.165) is 13.1 Å². The Morgan fingerprint density at radius 3 is 2.06 bits per heavy atom. The molecular weight excluding hydrogens is 244 g/mol. The molecule has 0 bridgehead atoms. The number of benzene rings is 1. The van der Waals surface area contributed by atoms with Crippen LogP contribution in [0.1, 0.15) is 49.8 Å². The molecular formula is C15H25ClN2. The Hall–Kier alpha value is -0.570. The molecule has 1 aromatic rings. The van der Waals surface area contributed by atoms with Gasteiger partial charge in [0.1, 0.15) is 0 Å². The van der Waals surface area contributed by atoms with Crippen LogP contribution in [0.25, 0.3) is 0 Å². The van der Waals surface area contributed by atoms with Crippen LogP contribution in [0.3, 0.4) is 0 Å². The fourth-order valence-corrected chi connectivity index (χ4v) is 2.58. The van der Waals surface area contributed by atoms with Crippen molar-refractivity contribution in [2.24, 2.45) is 11.7 Å². The zero-order valence-corrected chi connectivity index (χ0v) is 12.2. The summed E-state index contributed by atoms with van der Waals surface area (Å²) in [7, 11) is 0. The lowest BCUT2D eigenvalue weighted by Crippen LogP contribution is -2.33. The largest absolute Gasteiger partial charge is 0.324 e. The number of nitrogens with one attached hydrogen (secondary N) is 1. The smallest absolute Gasteiger partial charge is 0.0324 e. The predicted molar refractivity (Wildman–Crippen MR) is 80.3 cm³/mol. The van der Waals surface area contributed by atoms with Gasteiger partial charge < -0.3 is 11.1 Å². The SMILES string of the molecule is CC(C)c1ccc([C@H](N)C2CCNCC2)cc1.Cl. The topological polar surface area (TPSA) is 38.0 Å². The van der Waals surface area contributed by atoms with Gasteiger partial charge in [0, 0.05) is 6.04 Å². The molecule has 1 heterocycles. The molecule has 3 heteroatoms. The van der Waals surface area contributed by atoms with Gasteiger partial charge >= 0.3 is 0 Å². The molecule has 0 radical (unpaired) electrons. The van der Waals surface area contributed by atoms with Gasteiger partial charge in [0.05, 0.1) is 0 Å². The minimum absolute atomic E-state index is 0. The normalized spacial score (nSPS) is 18.4. The monoisotopic (exact) mass is 268 g/mol. The Labute approximate surface area is 117 Å². The van der Waals surface area contributed by atoms with E-state index in [4.69, 9.17) is 5.73 Å². The summed E-state index contributed by atoms with van der Waals surface area (Å²) < 4.78 is 0. The number of hydrogen-bond acceptors (Lipinski definition) is 2. The first-order valence-electron chi connectivity index (χ1n) is 6.74. The summed E-state index contributed by atoms with van der Waals surface area (Å²) in [5.41, 5.74) is 9.06. The molecule has 0 unspecified atom stereocenters. The molecule has 1 saturated heterocycles. The van der Waals surface area contributed by atoms with Crippen LogP contribution in [0.2, 0.25) is 0 Å². The lowest BCUT2D eigenvalue weighted by molar-refractivity contribution is 0.322. The number of piperidine rings is 1. The Bertz CT molecular complexity index is 342.